The molecule has 19 heavy (non-hydrogen) atoms. The van der Waals surface area contributed by atoms with Crippen LogP contribution in [0, 0.1) is 0 Å². The number of hydrogen-bond donors (Lipinski definition) is 2. The lowest BCUT2D eigenvalue weighted by atomic mass is 10.2. The van der Waals surface area contributed by atoms with E-state index in [1.54, 1.807) is 0 Å². The summed E-state index contributed by atoms with van der Waals surface area (Å²) in [5, 5.41) is 10.5. The highest BCUT2D eigenvalue weighted by atomic mass is 32.2. The van der Waals surface area contributed by atoms with Crippen LogP contribution in [0.2, 0.25) is 0 Å². The van der Waals surface area contributed by atoms with Crippen LogP contribution in [-0.2, 0) is 6.42 Å². The van der Waals surface area contributed by atoms with Crippen molar-refractivity contribution in [3.05, 3.63) is 11.6 Å². The van der Waals surface area contributed by atoms with Crippen molar-refractivity contribution in [1.29, 1.82) is 0 Å². The molecule has 2 unspecified atom stereocenters. The van der Waals surface area contributed by atoms with E-state index >= 15 is 0 Å². The molecular formula is C13H22N4OS. The van der Waals surface area contributed by atoms with Crippen LogP contribution in [0.4, 0.5) is 0 Å². The Kier molecular flexibility index (Phi) is 5.24. The standard InChI is InChI=1S/C13H22N4OS/c1-3-5-11-15-12(17-16-11)13(18)14-9-6-7-10(8-9)19-4-2/h9-10H,3-8H2,1-2H3,(H,14,18)(H,15,16,17). The van der Waals surface area contributed by atoms with Crippen LogP contribution in [0.3, 0.4) is 0 Å². The number of thioether (sulfide) groups is 1. The lowest BCUT2D eigenvalue weighted by Crippen LogP contribution is -2.33. The molecule has 1 aliphatic carbocycles. The van der Waals surface area contributed by atoms with Crippen molar-refractivity contribution in [2.75, 3.05) is 5.75 Å². The molecule has 6 heteroatoms. The smallest absolute Gasteiger partial charge is 0.291 e. The number of carbonyl (C=O) groups is 1. The fraction of sp³-hybridized carbons (Fsp3) is 0.769. The van der Waals surface area contributed by atoms with E-state index in [2.05, 4.69) is 34.3 Å². The van der Waals surface area contributed by atoms with Crippen LogP contribution < -0.4 is 5.32 Å². The van der Waals surface area contributed by atoms with Gasteiger partial charge in [0.05, 0.1) is 0 Å². The normalized spacial score (nSPS) is 22.6. The molecule has 1 heterocycles. The predicted molar refractivity (Wildman–Crippen MR) is 77.4 cm³/mol. The number of hydrogen-bond acceptors (Lipinski definition) is 4. The van der Waals surface area contributed by atoms with Gasteiger partial charge in [0.15, 0.2) is 0 Å². The molecule has 2 atom stereocenters. The third-order valence-electron chi connectivity index (χ3n) is 3.34. The van der Waals surface area contributed by atoms with Crippen molar-refractivity contribution >= 4 is 17.7 Å². The third-order valence-corrected chi connectivity index (χ3v) is 4.58. The van der Waals surface area contributed by atoms with Gasteiger partial charge in [-0.1, -0.05) is 13.8 Å². The van der Waals surface area contributed by atoms with Gasteiger partial charge in [-0.3, -0.25) is 9.89 Å². The molecular weight excluding hydrogens is 260 g/mol. The average Bonchev–Trinajstić information content (AvgIpc) is 3.00. The third kappa shape index (κ3) is 3.96. The number of rotatable bonds is 6. The van der Waals surface area contributed by atoms with Crippen LogP contribution in [0.5, 0.6) is 0 Å². The Balaban J connectivity index is 1.83. The average molecular weight is 282 g/mol. The Morgan fingerprint density at radius 2 is 2.32 bits per heavy atom. The van der Waals surface area contributed by atoms with Crippen LogP contribution in [0.15, 0.2) is 0 Å². The number of aromatic nitrogens is 3. The van der Waals surface area contributed by atoms with Crippen LogP contribution in [0.1, 0.15) is 56.0 Å². The van der Waals surface area contributed by atoms with Crippen molar-refractivity contribution < 1.29 is 4.79 Å². The van der Waals surface area contributed by atoms with Gasteiger partial charge in [0, 0.05) is 17.7 Å². The maximum atomic E-state index is 12.0. The van der Waals surface area contributed by atoms with Crippen molar-refractivity contribution in [3.8, 4) is 0 Å². The van der Waals surface area contributed by atoms with E-state index in [1.165, 1.54) is 6.42 Å². The summed E-state index contributed by atoms with van der Waals surface area (Å²) in [4.78, 5) is 16.2. The molecule has 0 aliphatic heterocycles. The van der Waals surface area contributed by atoms with Crippen LogP contribution in [-0.4, -0.2) is 38.1 Å². The zero-order chi connectivity index (χ0) is 13.7. The molecule has 2 N–H and O–H groups in total. The molecule has 0 radical (unpaired) electrons. The summed E-state index contributed by atoms with van der Waals surface area (Å²) in [6.45, 7) is 4.26. The second kappa shape index (κ2) is 6.93. The Morgan fingerprint density at radius 1 is 1.47 bits per heavy atom. The first-order valence-corrected chi connectivity index (χ1v) is 8.11. The number of amides is 1. The molecule has 2 rings (SSSR count). The van der Waals surface area contributed by atoms with E-state index in [9.17, 15) is 4.79 Å². The van der Waals surface area contributed by atoms with Crippen LogP contribution >= 0.6 is 11.8 Å². The summed E-state index contributed by atoms with van der Waals surface area (Å²) in [7, 11) is 0. The zero-order valence-electron chi connectivity index (χ0n) is 11.6. The molecule has 1 aliphatic rings. The van der Waals surface area contributed by atoms with E-state index in [-0.39, 0.29) is 17.8 Å². The lowest BCUT2D eigenvalue weighted by Gasteiger charge is -2.11. The molecule has 106 valence electrons. The number of aryl methyl sites for hydroxylation is 1. The first-order chi connectivity index (χ1) is 9.22. The fourth-order valence-corrected chi connectivity index (χ4v) is 3.60. The molecule has 1 aromatic heterocycles. The Hall–Kier alpha value is -1.04. The molecule has 1 saturated carbocycles. The van der Waals surface area contributed by atoms with Gasteiger partial charge in [-0.2, -0.15) is 11.8 Å². The van der Waals surface area contributed by atoms with E-state index in [4.69, 9.17) is 0 Å². The largest absolute Gasteiger partial charge is 0.346 e. The highest BCUT2D eigenvalue weighted by Crippen LogP contribution is 2.29. The SMILES string of the molecule is CCCc1nc(C(=O)NC2CCC(SCC)C2)n[nH]1. The first-order valence-electron chi connectivity index (χ1n) is 7.06. The van der Waals surface area contributed by atoms with Gasteiger partial charge in [0.25, 0.3) is 5.91 Å². The fourth-order valence-electron chi connectivity index (χ4n) is 2.45. The number of H-pyrrole nitrogens is 1. The van der Waals surface area contributed by atoms with Gasteiger partial charge in [-0.25, -0.2) is 4.98 Å². The van der Waals surface area contributed by atoms with E-state index < -0.39 is 0 Å². The number of carbonyl (C=O) groups excluding carboxylic acids is 1. The van der Waals surface area contributed by atoms with Crippen molar-refractivity contribution in [2.24, 2.45) is 0 Å². The molecule has 5 nitrogen and oxygen atoms in total. The Morgan fingerprint density at radius 3 is 3.05 bits per heavy atom. The molecule has 0 spiro atoms. The van der Waals surface area contributed by atoms with Gasteiger partial charge in [0.1, 0.15) is 5.82 Å². The maximum absolute atomic E-state index is 12.0. The second-order valence-electron chi connectivity index (χ2n) is 4.92. The molecule has 0 aromatic carbocycles. The highest BCUT2D eigenvalue weighted by molar-refractivity contribution is 7.99. The summed E-state index contributed by atoms with van der Waals surface area (Å²) < 4.78 is 0. The number of nitrogens with one attached hydrogen (secondary N) is 2. The summed E-state index contributed by atoms with van der Waals surface area (Å²) in [6.07, 6.45) is 5.15. The minimum atomic E-state index is -0.147. The van der Waals surface area contributed by atoms with E-state index in [0.717, 1.165) is 37.3 Å². The Bertz CT molecular complexity index is 421. The summed E-state index contributed by atoms with van der Waals surface area (Å²) in [6, 6.07) is 0.282. The molecule has 1 amide bonds. The summed E-state index contributed by atoms with van der Waals surface area (Å²) >= 11 is 1.99. The maximum Gasteiger partial charge on any atom is 0.291 e. The predicted octanol–water partition coefficient (Wildman–Crippen LogP) is 2.16. The van der Waals surface area contributed by atoms with Gasteiger partial charge in [-0.05, 0) is 31.4 Å². The van der Waals surface area contributed by atoms with Gasteiger partial charge >= 0.3 is 0 Å². The minimum absolute atomic E-state index is 0.147. The van der Waals surface area contributed by atoms with Crippen molar-refractivity contribution in [3.63, 3.8) is 0 Å². The Labute approximate surface area is 118 Å². The highest BCUT2D eigenvalue weighted by Gasteiger charge is 2.26. The van der Waals surface area contributed by atoms with Crippen molar-refractivity contribution in [2.45, 2.75) is 57.2 Å². The van der Waals surface area contributed by atoms with Crippen LogP contribution in [0.25, 0.3) is 0 Å². The quantitative estimate of drug-likeness (QED) is 0.839. The lowest BCUT2D eigenvalue weighted by molar-refractivity contribution is 0.0928. The number of aromatic amines is 1. The van der Waals surface area contributed by atoms with E-state index in [1.807, 2.05) is 11.8 Å². The molecule has 0 bridgehead atoms. The summed E-state index contributed by atoms with van der Waals surface area (Å²) in [5.74, 6) is 2.06. The van der Waals surface area contributed by atoms with Crippen molar-refractivity contribution in [1.82, 2.24) is 20.5 Å². The molecule has 1 fully saturated rings. The van der Waals surface area contributed by atoms with Gasteiger partial charge < -0.3 is 5.32 Å². The van der Waals surface area contributed by atoms with E-state index in [0.29, 0.717) is 5.25 Å². The first kappa shape index (κ1) is 14.4. The van der Waals surface area contributed by atoms with Gasteiger partial charge in [0.2, 0.25) is 5.82 Å². The summed E-state index contributed by atoms with van der Waals surface area (Å²) in [5.41, 5.74) is 0. The monoisotopic (exact) mass is 282 g/mol. The number of nitrogens with zero attached hydrogens (tertiary/aromatic N) is 2. The molecule has 1 aromatic rings. The second-order valence-corrected chi connectivity index (χ2v) is 6.49. The zero-order valence-corrected chi connectivity index (χ0v) is 12.4. The molecule has 0 saturated heterocycles. The topological polar surface area (TPSA) is 70.7 Å². The van der Waals surface area contributed by atoms with Gasteiger partial charge in [-0.15, -0.1) is 5.10 Å². The minimum Gasteiger partial charge on any atom is -0.346 e.